The van der Waals surface area contributed by atoms with Crippen molar-refractivity contribution in [3.8, 4) is 5.69 Å². The number of para-hydroxylation sites is 5. The topological polar surface area (TPSA) is 11.4 Å². The summed E-state index contributed by atoms with van der Waals surface area (Å²) in [6.45, 7) is 0.140. The van der Waals surface area contributed by atoms with Crippen LogP contribution >= 0.6 is 23.5 Å². The number of hydrogen-bond donors (Lipinski definition) is 0. The predicted octanol–water partition coefficient (Wildman–Crippen LogP) is 9.67. The van der Waals surface area contributed by atoms with Crippen molar-refractivity contribution in [2.45, 2.75) is 27.5 Å². The Morgan fingerprint density at radius 2 is 1.19 bits per heavy atom. The molecule has 1 aromatic heterocycles. The van der Waals surface area contributed by atoms with Crippen molar-refractivity contribution < 1.29 is 0 Å². The minimum absolute atomic E-state index is 0.140. The Bertz CT molecular complexity index is 2620. The molecule has 224 valence electrons. The van der Waals surface area contributed by atoms with Gasteiger partial charge in [0.2, 0.25) is 0 Å². The van der Waals surface area contributed by atoms with Gasteiger partial charge in [-0.25, -0.2) is 0 Å². The summed E-state index contributed by atoms with van der Waals surface area (Å²) >= 11 is 3.88. The van der Waals surface area contributed by atoms with Crippen LogP contribution in [0.2, 0.25) is 0 Å². The van der Waals surface area contributed by atoms with Crippen molar-refractivity contribution in [2.75, 3.05) is 9.80 Å². The van der Waals surface area contributed by atoms with E-state index in [0.29, 0.717) is 0 Å². The summed E-state index contributed by atoms with van der Waals surface area (Å²) in [4.78, 5) is 10.7. The zero-order chi connectivity index (χ0) is 31.1. The lowest BCUT2D eigenvalue weighted by Gasteiger charge is -2.48. The molecule has 12 rings (SSSR count). The number of rotatable bonds is 1. The fourth-order valence-electron chi connectivity index (χ4n) is 8.92. The first kappa shape index (κ1) is 26.0. The van der Waals surface area contributed by atoms with E-state index in [1.807, 2.05) is 23.5 Å². The number of hydrogen-bond acceptors (Lipinski definition) is 4. The maximum absolute atomic E-state index is 2.62. The molecule has 0 N–H and O–H groups in total. The van der Waals surface area contributed by atoms with Gasteiger partial charge in [-0.2, -0.15) is 0 Å². The van der Waals surface area contributed by atoms with Crippen molar-refractivity contribution in [3.05, 3.63) is 144 Å². The van der Waals surface area contributed by atoms with E-state index < -0.39 is 0 Å². The van der Waals surface area contributed by atoms with E-state index in [2.05, 4.69) is 148 Å². The van der Waals surface area contributed by atoms with Crippen molar-refractivity contribution >= 4 is 96.9 Å². The van der Waals surface area contributed by atoms with Crippen LogP contribution in [0.3, 0.4) is 0 Å². The first-order chi connectivity index (χ1) is 23.8. The van der Waals surface area contributed by atoms with Crippen molar-refractivity contribution in [2.24, 2.45) is 0 Å². The molecule has 6 heteroatoms. The Morgan fingerprint density at radius 3 is 1.96 bits per heavy atom. The molecule has 0 amide bonds. The zero-order valence-electron chi connectivity index (χ0n) is 25.9. The van der Waals surface area contributed by atoms with Gasteiger partial charge in [-0.05, 0) is 83.8 Å². The standard InChI is InChI=1S/C42H26BN3S2/c1-3-15-30-26(11-1)27-12-2-4-16-31(27)44(30)25-23-34-40-35(24-25)46-33-18-6-8-20-37(33)48-39-22-10-14-29(42(39)46)43(40)28-13-9-21-38-41(28)45(34)32-17-5-7-19-36(32)47-38/h1-7,9-19,21-24H,8,20H2. The second-order valence-corrected chi connectivity index (χ2v) is 15.4. The molecule has 0 saturated carbocycles. The third kappa shape index (κ3) is 3.20. The molecule has 3 nitrogen and oxygen atoms in total. The number of anilines is 5. The lowest BCUT2D eigenvalue weighted by atomic mass is 9.33. The Hall–Kier alpha value is -5.04. The average Bonchev–Trinajstić information content (AvgIpc) is 3.48. The highest BCUT2D eigenvalue weighted by atomic mass is 32.2. The van der Waals surface area contributed by atoms with E-state index in [0.717, 1.165) is 12.8 Å². The molecule has 5 aliphatic rings. The first-order valence-corrected chi connectivity index (χ1v) is 18.3. The summed E-state index contributed by atoms with van der Waals surface area (Å²) in [7, 11) is 0. The molecule has 7 aromatic rings. The third-order valence-electron chi connectivity index (χ3n) is 10.8. The Labute approximate surface area is 287 Å². The summed E-state index contributed by atoms with van der Waals surface area (Å²) in [6.07, 6.45) is 6.92. The molecule has 0 bridgehead atoms. The van der Waals surface area contributed by atoms with Crippen LogP contribution in [0.4, 0.5) is 28.4 Å². The molecule has 0 atom stereocenters. The number of benzene rings is 6. The van der Waals surface area contributed by atoms with E-state index in [1.54, 1.807) is 0 Å². The Balaban J connectivity index is 1.26. The lowest BCUT2D eigenvalue weighted by Crippen LogP contribution is -2.62. The van der Waals surface area contributed by atoms with Gasteiger partial charge < -0.3 is 14.4 Å². The summed E-state index contributed by atoms with van der Waals surface area (Å²) in [5, 5.41) is 2.57. The number of allylic oxidation sites excluding steroid dienone is 3. The number of thioether (sulfide) groups is 1. The van der Waals surface area contributed by atoms with Gasteiger partial charge in [0.25, 0.3) is 6.71 Å². The molecule has 0 fully saturated rings. The minimum atomic E-state index is 0.140. The van der Waals surface area contributed by atoms with Crippen LogP contribution in [0, 0.1) is 0 Å². The molecule has 4 aliphatic heterocycles. The molecule has 6 aromatic carbocycles. The second-order valence-electron chi connectivity index (χ2n) is 13.2. The molecule has 48 heavy (non-hydrogen) atoms. The van der Waals surface area contributed by atoms with Gasteiger partial charge in [-0.15, -0.1) is 0 Å². The smallest absolute Gasteiger partial charge is 0.252 e. The number of fused-ring (bicyclic) bond motifs is 10. The van der Waals surface area contributed by atoms with Crippen LogP contribution in [-0.4, -0.2) is 11.3 Å². The van der Waals surface area contributed by atoms with Crippen LogP contribution in [0.1, 0.15) is 12.8 Å². The number of aromatic nitrogens is 1. The minimum Gasteiger partial charge on any atom is -0.309 e. The first-order valence-electron chi connectivity index (χ1n) is 16.7. The molecule has 0 saturated heterocycles. The fourth-order valence-corrected chi connectivity index (χ4v) is 11.2. The highest BCUT2D eigenvalue weighted by Gasteiger charge is 2.47. The van der Waals surface area contributed by atoms with Crippen LogP contribution in [-0.2, 0) is 0 Å². The van der Waals surface area contributed by atoms with Crippen LogP contribution in [0.5, 0.6) is 0 Å². The van der Waals surface area contributed by atoms with E-state index in [-0.39, 0.29) is 6.71 Å². The van der Waals surface area contributed by atoms with Gasteiger partial charge in [0.1, 0.15) is 0 Å². The van der Waals surface area contributed by atoms with Crippen molar-refractivity contribution in [1.29, 1.82) is 0 Å². The quantitative estimate of drug-likeness (QED) is 0.164. The lowest BCUT2D eigenvalue weighted by molar-refractivity contribution is 0.969. The molecule has 1 aliphatic carbocycles. The highest BCUT2D eigenvalue weighted by Crippen LogP contribution is 2.56. The maximum Gasteiger partial charge on any atom is 0.252 e. The van der Waals surface area contributed by atoms with Crippen LogP contribution < -0.4 is 26.2 Å². The van der Waals surface area contributed by atoms with Gasteiger partial charge >= 0.3 is 0 Å². The van der Waals surface area contributed by atoms with Gasteiger partial charge in [-0.1, -0.05) is 102 Å². The second kappa shape index (κ2) is 9.31. The van der Waals surface area contributed by atoms with Gasteiger partial charge in [0.15, 0.2) is 0 Å². The summed E-state index contributed by atoms with van der Waals surface area (Å²) < 4.78 is 2.49. The monoisotopic (exact) mass is 647 g/mol. The van der Waals surface area contributed by atoms with E-state index in [4.69, 9.17) is 0 Å². The predicted molar refractivity (Wildman–Crippen MR) is 204 cm³/mol. The molecule has 0 unspecified atom stereocenters. The van der Waals surface area contributed by atoms with E-state index >= 15 is 0 Å². The van der Waals surface area contributed by atoms with Gasteiger partial charge in [0.05, 0.1) is 39.5 Å². The molecular formula is C42H26BN3S2. The third-order valence-corrected chi connectivity index (χ3v) is 13.1. The van der Waals surface area contributed by atoms with E-state index in [9.17, 15) is 0 Å². The summed E-state index contributed by atoms with van der Waals surface area (Å²) in [5.74, 6) is 0. The van der Waals surface area contributed by atoms with Crippen molar-refractivity contribution in [3.63, 3.8) is 0 Å². The normalized spacial score (nSPS) is 16.1. The van der Waals surface area contributed by atoms with Crippen LogP contribution in [0.25, 0.3) is 27.5 Å². The largest absolute Gasteiger partial charge is 0.309 e. The SMILES string of the molecule is C1=CC2=C(CC1)Sc1cccc3c1N2c1cc(-n2c4ccccc4c4ccccc42)cc2c1B3c1cccc3c1N2c1ccccc1S3. The fraction of sp³-hybridized carbons (Fsp3) is 0.0476. The zero-order valence-corrected chi connectivity index (χ0v) is 27.5. The molecular weight excluding hydrogens is 621 g/mol. The van der Waals surface area contributed by atoms with E-state index in [1.165, 1.54) is 97.6 Å². The number of nitrogens with zero attached hydrogens (tertiary/aromatic N) is 3. The van der Waals surface area contributed by atoms with Gasteiger partial charge in [-0.3, -0.25) is 0 Å². The Kier molecular flexibility index (Phi) is 5.04. The van der Waals surface area contributed by atoms with Crippen molar-refractivity contribution in [1.82, 2.24) is 4.57 Å². The summed E-state index contributed by atoms with van der Waals surface area (Å²) in [6, 6.07) is 45.6. The average molecular weight is 648 g/mol. The van der Waals surface area contributed by atoms with Gasteiger partial charge in [0, 0.05) is 41.7 Å². The molecule has 5 heterocycles. The molecule has 0 spiro atoms. The van der Waals surface area contributed by atoms with Crippen LogP contribution in [0.15, 0.2) is 159 Å². The highest BCUT2D eigenvalue weighted by molar-refractivity contribution is 8.03. The Morgan fingerprint density at radius 1 is 0.562 bits per heavy atom. The molecule has 0 radical (unpaired) electrons. The summed E-state index contributed by atoms with van der Waals surface area (Å²) in [5.41, 5.74) is 15.7. The maximum atomic E-state index is 2.62.